The summed E-state index contributed by atoms with van der Waals surface area (Å²) in [6.45, 7) is 8.37. The smallest absolute Gasteiger partial charge is 0.136 e. The second-order valence-corrected chi connectivity index (χ2v) is 5.81. The van der Waals surface area contributed by atoms with Gasteiger partial charge in [0.25, 0.3) is 0 Å². The highest BCUT2D eigenvalue weighted by Gasteiger charge is 2.67. The number of rotatable bonds is 0. The third-order valence-corrected chi connectivity index (χ3v) is 4.87. The Morgan fingerprint density at radius 2 is 1.93 bits per heavy atom. The second-order valence-electron chi connectivity index (χ2n) is 5.81. The summed E-state index contributed by atoms with van der Waals surface area (Å²) in [4.78, 5) is 0. The van der Waals surface area contributed by atoms with E-state index >= 15 is 0 Å². The van der Waals surface area contributed by atoms with Crippen LogP contribution < -0.4 is 0 Å². The lowest BCUT2D eigenvalue weighted by Gasteiger charge is -2.47. The molecule has 78 valence electrons. The van der Waals surface area contributed by atoms with Crippen LogP contribution in [0.1, 0.15) is 47.0 Å². The van der Waals surface area contributed by atoms with E-state index in [1.54, 1.807) is 0 Å². The second kappa shape index (κ2) is 2.55. The molecule has 0 aliphatic heterocycles. The fourth-order valence-corrected chi connectivity index (χ4v) is 3.75. The first-order valence-electron chi connectivity index (χ1n) is 5.54. The minimum absolute atomic E-state index is 0.0319. The summed E-state index contributed by atoms with van der Waals surface area (Å²) in [5, 5.41) is 10.8. The first-order valence-corrected chi connectivity index (χ1v) is 5.54. The summed E-state index contributed by atoms with van der Waals surface area (Å²) in [6.07, 6.45) is 3.54. The Bertz CT molecular complexity index is 313. The van der Waals surface area contributed by atoms with Crippen molar-refractivity contribution in [2.45, 2.75) is 52.6 Å². The molecule has 14 heavy (non-hydrogen) atoms. The molecule has 2 rings (SSSR count). The van der Waals surface area contributed by atoms with Gasteiger partial charge in [0.1, 0.15) is 5.60 Å². The largest absolute Gasteiger partial charge is 0.376 e. The fraction of sp³-hybridized carbons (Fsp3) is 0.846. The fourth-order valence-electron chi connectivity index (χ4n) is 3.75. The van der Waals surface area contributed by atoms with Gasteiger partial charge in [0.15, 0.2) is 0 Å². The van der Waals surface area contributed by atoms with Crippen molar-refractivity contribution in [2.24, 2.45) is 16.7 Å². The van der Waals surface area contributed by atoms with Crippen LogP contribution in [-0.4, -0.2) is 10.7 Å². The zero-order chi connectivity index (χ0) is 10.6. The van der Waals surface area contributed by atoms with Gasteiger partial charge in [-0.15, -0.1) is 5.92 Å². The van der Waals surface area contributed by atoms with E-state index < -0.39 is 5.60 Å². The molecule has 0 aromatic heterocycles. The number of hydrogen-bond donors (Lipinski definition) is 1. The standard InChI is InChI=1S/C13H20O/c1-5-7-13(14)11(2,3)10-6-8-12(13,4)9-10/h10,14H,6,8-9H2,1-4H3. The molecule has 0 spiro atoms. The minimum atomic E-state index is -0.766. The van der Waals surface area contributed by atoms with Crippen molar-refractivity contribution in [3.05, 3.63) is 0 Å². The summed E-state index contributed by atoms with van der Waals surface area (Å²) in [7, 11) is 0. The molecule has 2 saturated carbocycles. The van der Waals surface area contributed by atoms with E-state index in [4.69, 9.17) is 0 Å². The summed E-state index contributed by atoms with van der Waals surface area (Å²) < 4.78 is 0. The molecular formula is C13H20O. The van der Waals surface area contributed by atoms with E-state index in [0.717, 1.165) is 12.8 Å². The van der Waals surface area contributed by atoms with E-state index in [2.05, 4.69) is 32.6 Å². The molecule has 1 N–H and O–H groups in total. The van der Waals surface area contributed by atoms with Gasteiger partial charge in [-0.25, -0.2) is 0 Å². The average molecular weight is 192 g/mol. The van der Waals surface area contributed by atoms with Crippen LogP contribution >= 0.6 is 0 Å². The number of hydrogen-bond acceptors (Lipinski definition) is 1. The molecule has 0 aromatic rings. The molecule has 0 aromatic carbocycles. The van der Waals surface area contributed by atoms with Crippen molar-refractivity contribution in [3.8, 4) is 11.8 Å². The number of fused-ring (bicyclic) bond motifs is 2. The summed E-state index contributed by atoms with van der Waals surface area (Å²) >= 11 is 0. The van der Waals surface area contributed by atoms with Gasteiger partial charge in [-0.3, -0.25) is 0 Å². The Morgan fingerprint density at radius 1 is 1.29 bits per heavy atom. The van der Waals surface area contributed by atoms with Crippen molar-refractivity contribution in [2.75, 3.05) is 0 Å². The van der Waals surface area contributed by atoms with Crippen LogP contribution in [0.2, 0.25) is 0 Å². The van der Waals surface area contributed by atoms with E-state index in [1.807, 2.05) is 6.92 Å². The van der Waals surface area contributed by atoms with Crippen LogP contribution in [0.4, 0.5) is 0 Å². The van der Waals surface area contributed by atoms with Gasteiger partial charge in [0.05, 0.1) is 0 Å². The van der Waals surface area contributed by atoms with Crippen LogP contribution in [0, 0.1) is 28.6 Å². The Balaban J connectivity index is 2.52. The molecule has 0 heterocycles. The maximum atomic E-state index is 10.8. The molecule has 1 heteroatoms. The molecule has 2 aliphatic rings. The van der Waals surface area contributed by atoms with Crippen molar-refractivity contribution in [1.82, 2.24) is 0 Å². The highest BCUT2D eigenvalue weighted by atomic mass is 16.3. The van der Waals surface area contributed by atoms with Crippen molar-refractivity contribution < 1.29 is 5.11 Å². The van der Waals surface area contributed by atoms with Gasteiger partial charge in [-0.05, 0) is 32.1 Å². The van der Waals surface area contributed by atoms with Crippen LogP contribution in [-0.2, 0) is 0 Å². The Kier molecular flexibility index (Phi) is 1.83. The van der Waals surface area contributed by atoms with Gasteiger partial charge in [-0.2, -0.15) is 0 Å². The van der Waals surface area contributed by atoms with Gasteiger partial charge in [0.2, 0.25) is 0 Å². The first-order chi connectivity index (χ1) is 6.37. The van der Waals surface area contributed by atoms with Gasteiger partial charge < -0.3 is 5.11 Å². The van der Waals surface area contributed by atoms with Crippen molar-refractivity contribution in [1.29, 1.82) is 0 Å². The Morgan fingerprint density at radius 3 is 2.36 bits per heavy atom. The Labute approximate surface area is 86.9 Å². The molecule has 2 bridgehead atoms. The molecule has 1 nitrogen and oxygen atoms in total. The van der Waals surface area contributed by atoms with Crippen LogP contribution in [0.5, 0.6) is 0 Å². The van der Waals surface area contributed by atoms with Crippen molar-refractivity contribution in [3.63, 3.8) is 0 Å². The Hall–Kier alpha value is -0.480. The van der Waals surface area contributed by atoms with E-state index in [9.17, 15) is 5.11 Å². The lowest BCUT2D eigenvalue weighted by atomic mass is 9.61. The quantitative estimate of drug-likeness (QED) is 0.585. The highest BCUT2D eigenvalue weighted by molar-refractivity contribution is 5.30. The van der Waals surface area contributed by atoms with E-state index in [1.165, 1.54) is 6.42 Å². The predicted octanol–water partition coefficient (Wildman–Crippen LogP) is 2.59. The third kappa shape index (κ3) is 0.859. The molecule has 3 atom stereocenters. The highest BCUT2D eigenvalue weighted by Crippen LogP contribution is 2.67. The SMILES string of the molecule is CC#CC1(O)C2(C)CCC(C2)C1(C)C. The monoisotopic (exact) mass is 192 g/mol. The first kappa shape index (κ1) is 10.1. The number of aliphatic hydroxyl groups is 1. The van der Waals surface area contributed by atoms with E-state index in [-0.39, 0.29) is 10.8 Å². The minimum Gasteiger partial charge on any atom is -0.376 e. The molecule has 0 saturated heterocycles. The molecule has 2 fully saturated rings. The maximum Gasteiger partial charge on any atom is 0.136 e. The summed E-state index contributed by atoms with van der Waals surface area (Å²) in [5.74, 6) is 6.66. The maximum absolute atomic E-state index is 10.8. The average Bonchev–Trinajstić information content (AvgIpc) is 2.53. The zero-order valence-corrected chi connectivity index (χ0v) is 9.65. The lowest BCUT2D eigenvalue weighted by Crippen LogP contribution is -2.53. The van der Waals surface area contributed by atoms with Gasteiger partial charge in [0, 0.05) is 10.8 Å². The topological polar surface area (TPSA) is 20.2 Å². The molecule has 2 aliphatic carbocycles. The summed E-state index contributed by atoms with van der Waals surface area (Å²) in [5.41, 5.74) is -0.773. The van der Waals surface area contributed by atoms with Gasteiger partial charge in [-0.1, -0.05) is 26.7 Å². The predicted molar refractivity (Wildman–Crippen MR) is 57.6 cm³/mol. The van der Waals surface area contributed by atoms with Gasteiger partial charge >= 0.3 is 0 Å². The lowest BCUT2D eigenvalue weighted by molar-refractivity contribution is -0.0953. The van der Waals surface area contributed by atoms with Crippen molar-refractivity contribution >= 4 is 0 Å². The molecule has 3 unspecified atom stereocenters. The summed E-state index contributed by atoms with van der Waals surface area (Å²) in [6, 6.07) is 0. The molecule has 0 amide bonds. The third-order valence-electron chi connectivity index (χ3n) is 4.87. The van der Waals surface area contributed by atoms with E-state index in [0.29, 0.717) is 5.92 Å². The van der Waals surface area contributed by atoms with Crippen LogP contribution in [0.15, 0.2) is 0 Å². The van der Waals surface area contributed by atoms with Crippen LogP contribution in [0.25, 0.3) is 0 Å². The molecular weight excluding hydrogens is 172 g/mol. The van der Waals surface area contributed by atoms with Crippen LogP contribution in [0.3, 0.4) is 0 Å². The zero-order valence-electron chi connectivity index (χ0n) is 9.65. The molecule has 0 radical (unpaired) electrons. The normalized spacial score (nSPS) is 48.8.